The summed E-state index contributed by atoms with van der Waals surface area (Å²) in [5.74, 6) is 2.35. The molecule has 2 aromatic carbocycles. The Morgan fingerprint density at radius 2 is 1.73 bits per heavy atom. The molecule has 3 N–H and O–H groups in total. The fraction of sp³-hybridized carbons (Fsp3) is 0.143. The molecular formula is C21H20N4O. The summed E-state index contributed by atoms with van der Waals surface area (Å²) < 4.78 is 5.69. The van der Waals surface area contributed by atoms with Crippen molar-refractivity contribution in [2.75, 3.05) is 11.9 Å². The molecular weight excluding hydrogens is 324 g/mol. The molecule has 0 unspecified atom stereocenters. The first kappa shape index (κ1) is 16.3. The predicted octanol–water partition coefficient (Wildman–Crippen LogP) is 3.93. The molecule has 0 aliphatic carbocycles. The van der Waals surface area contributed by atoms with E-state index in [1.54, 1.807) is 6.26 Å². The number of para-hydroxylation sites is 1. The van der Waals surface area contributed by atoms with Crippen LogP contribution in [0.5, 0.6) is 0 Å². The Balaban J connectivity index is 1.80. The fourth-order valence-electron chi connectivity index (χ4n) is 3.03. The van der Waals surface area contributed by atoms with E-state index in [0.29, 0.717) is 13.0 Å². The van der Waals surface area contributed by atoms with Crippen molar-refractivity contribution in [3.8, 4) is 0 Å². The highest BCUT2D eigenvalue weighted by Gasteiger charge is 2.19. The van der Waals surface area contributed by atoms with Crippen molar-refractivity contribution in [3.63, 3.8) is 0 Å². The van der Waals surface area contributed by atoms with Crippen LogP contribution in [0.15, 0.2) is 77.4 Å². The second kappa shape index (κ2) is 7.37. The van der Waals surface area contributed by atoms with E-state index in [4.69, 9.17) is 15.1 Å². The molecule has 0 radical (unpaired) electrons. The number of nitrogens with two attached hydrogens (primary N) is 1. The first-order valence-corrected chi connectivity index (χ1v) is 8.66. The second-order valence-corrected chi connectivity index (χ2v) is 6.05. The Bertz CT molecular complexity index is 984. The fourth-order valence-corrected chi connectivity index (χ4v) is 3.03. The molecule has 2 heterocycles. The molecule has 5 nitrogen and oxygen atoms in total. The van der Waals surface area contributed by atoms with E-state index in [2.05, 4.69) is 22.4 Å². The van der Waals surface area contributed by atoms with E-state index in [9.17, 15) is 0 Å². The van der Waals surface area contributed by atoms with Crippen molar-refractivity contribution in [2.45, 2.75) is 12.5 Å². The van der Waals surface area contributed by atoms with Gasteiger partial charge in [-0.25, -0.2) is 9.97 Å². The Morgan fingerprint density at radius 3 is 2.50 bits per heavy atom. The summed E-state index contributed by atoms with van der Waals surface area (Å²) in [6, 6.07) is 21.9. The van der Waals surface area contributed by atoms with Crippen LogP contribution in [0.25, 0.3) is 10.9 Å². The zero-order chi connectivity index (χ0) is 17.8. The van der Waals surface area contributed by atoms with E-state index in [1.807, 2.05) is 54.6 Å². The minimum Gasteiger partial charge on any atom is -0.467 e. The molecule has 130 valence electrons. The number of fused-ring (bicyclic) bond motifs is 1. The van der Waals surface area contributed by atoms with E-state index >= 15 is 0 Å². The monoisotopic (exact) mass is 344 g/mol. The number of benzene rings is 2. The molecule has 0 spiro atoms. The smallest absolute Gasteiger partial charge is 0.138 e. The van der Waals surface area contributed by atoms with Gasteiger partial charge in [-0.3, -0.25) is 0 Å². The maximum atomic E-state index is 5.71. The molecule has 5 heteroatoms. The van der Waals surface area contributed by atoms with Crippen molar-refractivity contribution in [2.24, 2.45) is 5.73 Å². The molecule has 0 aliphatic rings. The Kier molecular flexibility index (Phi) is 4.62. The maximum Gasteiger partial charge on any atom is 0.138 e. The van der Waals surface area contributed by atoms with Gasteiger partial charge in [0.25, 0.3) is 0 Å². The van der Waals surface area contributed by atoms with Gasteiger partial charge in [0.15, 0.2) is 0 Å². The average Bonchev–Trinajstić information content (AvgIpc) is 3.21. The number of anilines is 1. The van der Waals surface area contributed by atoms with Crippen LogP contribution in [-0.2, 0) is 6.42 Å². The summed E-state index contributed by atoms with van der Waals surface area (Å²) in [5, 5.41) is 4.53. The van der Waals surface area contributed by atoms with E-state index < -0.39 is 0 Å². The number of nitrogens with one attached hydrogen (secondary N) is 1. The van der Waals surface area contributed by atoms with Crippen LogP contribution in [-0.4, -0.2) is 16.5 Å². The zero-order valence-corrected chi connectivity index (χ0v) is 14.3. The summed E-state index contributed by atoms with van der Waals surface area (Å²) >= 11 is 0. The lowest BCUT2D eigenvalue weighted by atomic mass is 10.0. The van der Waals surface area contributed by atoms with Crippen molar-refractivity contribution in [1.82, 2.24) is 9.97 Å². The third-order valence-corrected chi connectivity index (χ3v) is 4.26. The topological polar surface area (TPSA) is 77.0 Å². The molecule has 0 saturated carbocycles. The number of furan rings is 1. The molecule has 0 aliphatic heterocycles. The van der Waals surface area contributed by atoms with Crippen molar-refractivity contribution >= 4 is 16.7 Å². The summed E-state index contributed by atoms with van der Waals surface area (Å²) in [5.41, 5.74) is 7.71. The highest BCUT2D eigenvalue weighted by Crippen LogP contribution is 2.29. The summed E-state index contributed by atoms with van der Waals surface area (Å²) in [7, 11) is 0. The van der Waals surface area contributed by atoms with Crippen molar-refractivity contribution < 1.29 is 4.42 Å². The van der Waals surface area contributed by atoms with Gasteiger partial charge in [-0.1, -0.05) is 42.5 Å². The first-order valence-electron chi connectivity index (χ1n) is 8.66. The van der Waals surface area contributed by atoms with Gasteiger partial charge in [0.05, 0.1) is 11.8 Å². The van der Waals surface area contributed by atoms with Crippen molar-refractivity contribution in [1.29, 1.82) is 0 Å². The average molecular weight is 344 g/mol. The molecule has 26 heavy (non-hydrogen) atoms. The molecule has 0 amide bonds. The molecule has 4 rings (SSSR count). The number of nitrogens with zero attached hydrogens (tertiary/aromatic N) is 2. The standard InChI is InChI=1S/C21H20N4O/c22-13-12-19-23-17-10-5-4-9-16(17)21(24-19)25-20(18-11-6-14-26-18)15-7-2-1-3-8-15/h1-11,14,20H,12-13,22H2,(H,23,24,25)/t20-/m1/s1. The van der Waals surface area contributed by atoms with Crippen LogP contribution in [0.1, 0.15) is 23.2 Å². The van der Waals surface area contributed by atoms with Gasteiger partial charge in [0, 0.05) is 11.8 Å². The number of hydrogen-bond donors (Lipinski definition) is 2. The van der Waals surface area contributed by atoms with Crippen LogP contribution in [0.2, 0.25) is 0 Å². The first-order chi connectivity index (χ1) is 12.8. The minimum atomic E-state index is -0.143. The second-order valence-electron chi connectivity index (χ2n) is 6.05. The van der Waals surface area contributed by atoms with Gasteiger partial charge in [0.2, 0.25) is 0 Å². The lowest BCUT2D eigenvalue weighted by Gasteiger charge is -2.19. The molecule has 2 aromatic heterocycles. The van der Waals surface area contributed by atoms with Gasteiger partial charge in [0.1, 0.15) is 23.4 Å². The Morgan fingerprint density at radius 1 is 0.923 bits per heavy atom. The van der Waals surface area contributed by atoms with Crippen LogP contribution in [0, 0.1) is 0 Å². The summed E-state index contributed by atoms with van der Waals surface area (Å²) in [6.07, 6.45) is 2.32. The normalized spacial score (nSPS) is 12.2. The molecule has 1 atom stereocenters. The van der Waals surface area contributed by atoms with E-state index in [1.165, 1.54) is 0 Å². The quantitative estimate of drug-likeness (QED) is 0.554. The van der Waals surface area contributed by atoms with Gasteiger partial charge in [-0.15, -0.1) is 0 Å². The molecule has 4 aromatic rings. The van der Waals surface area contributed by atoms with Crippen molar-refractivity contribution in [3.05, 3.63) is 90.1 Å². The highest BCUT2D eigenvalue weighted by atomic mass is 16.3. The minimum absolute atomic E-state index is 0.143. The van der Waals surface area contributed by atoms with Crippen LogP contribution in [0.4, 0.5) is 5.82 Å². The zero-order valence-electron chi connectivity index (χ0n) is 14.3. The van der Waals surface area contributed by atoms with Gasteiger partial charge < -0.3 is 15.5 Å². The van der Waals surface area contributed by atoms with E-state index in [0.717, 1.165) is 33.9 Å². The van der Waals surface area contributed by atoms with Crippen LogP contribution < -0.4 is 11.1 Å². The number of rotatable bonds is 6. The summed E-state index contributed by atoms with van der Waals surface area (Å²) in [4.78, 5) is 9.34. The number of aromatic nitrogens is 2. The third kappa shape index (κ3) is 3.30. The molecule has 0 bridgehead atoms. The molecule has 0 fully saturated rings. The lowest BCUT2D eigenvalue weighted by Crippen LogP contribution is -2.15. The maximum absolute atomic E-state index is 5.71. The summed E-state index contributed by atoms with van der Waals surface area (Å²) in [6.45, 7) is 0.512. The highest BCUT2D eigenvalue weighted by molar-refractivity contribution is 5.89. The van der Waals surface area contributed by atoms with E-state index in [-0.39, 0.29) is 6.04 Å². The largest absolute Gasteiger partial charge is 0.467 e. The van der Waals surface area contributed by atoms with Crippen LogP contribution in [0.3, 0.4) is 0 Å². The predicted molar refractivity (Wildman–Crippen MR) is 103 cm³/mol. The molecule has 0 saturated heterocycles. The third-order valence-electron chi connectivity index (χ3n) is 4.26. The Labute approximate surface area is 151 Å². The lowest BCUT2D eigenvalue weighted by molar-refractivity contribution is 0.498. The van der Waals surface area contributed by atoms with Crippen LogP contribution >= 0.6 is 0 Å². The van der Waals surface area contributed by atoms with Gasteiger partial charge in [-0.2, -0.15) is 0 Å². The Hall–Kier alpha value is -3.18. The van der Waals surface area contributed by atoms with Gasteiger partial charge in [-0.05, 0) is 36.4 Å². The van der Waals surface area contributed by atoms with Gasteiger partial charge >= 0.3 is 0 Å². The SMILES string of the molecule is NCCc1nc(N[C@H](c2ccccc2)c2ccco2)c2ccccc2n1. The number of hydrogen-bond acceptors (Lipinski definition) is 5.